The van der Waals surface area contributed by atoms with Gasteiger partial charge in [0, 0.05) is 37.1 Å². The molecule has 4 heterocycles. The number of carbonyl (C=O) groups excluding carboxylic acids is 4. The summed E-state index contributed by atoms with van der Waals surface area (Å²) in [6.07, 6.45) is 19.0. The van der Waals surface area contributed by atoms with E-state index in [1.165, 1.54) is 80.8 Å². The summed E-state index contributed by atoms with van der Waals surface area (Å²) in [4.78, 5) is 52.5. The van der Waals surface area contributed by atoms with Gasteiger partial charge in [0.2, 0.25) is 11.6 Å². The van der Waals surface area contributed by atoms with E-state index in [4.69, 9.17) is 9.47 Å². The molecule has 4 aliphatic heterocycles. The molecule has 0 spiro atoms. The summed E-state index contributed by atoms with van der Waals surface area (Å²) in [5.74, 6) is 0.158. The van der Waals surface area contributed by atoms with Gasteiger partial charge in [-0.3, -0.25) is 29.0 Å². The molecule has 2 aromatic rings. The van der Waals surface area contributed by atoms with E-state index in [0.29, 0.717) is 33.4 Å². The minimum absolute atomic E-state index is 0.196. The van der Waals surface area contributed by atoms with Crippen molar-refractivity contribution in [1.29, 1.82) is 0 Å². The molecule has 6 fully saturated rings. The third kappa shape index (κ3) is 20.1. The number of alkyl halides is 4. The van der Waals surface area contributed by atoms with Crippen molar-refractivity contribution in [3.8, 4) is 0 Å². The van der Waals surface area contributed by atoms with Crippen LogP contribution in [0, 0.1) is 11.8 Å². The van der Waals surface area contributed by atoms with Gasteiger partial charge in [-0.05, 0) is 125 Å². The lowest BCUT2D eigenvalue weighted by atomic mass is 9.82. The zero-order chi connectivity index (χ0) is 48.1. The molecule has 0 N–H and O–H groups in total. The van der Waals surface area contributed by atoms with E-state index >= 15 is 0 Å². The molecule has 8 rings (SSSR count). The summed E-state index contributed by atoms with van der Waals surface area (Å²) in [6, 6.07) is 19.7. The van der Waals surface area contributed by atoms with Gasteiger partial charge in [-0.15, -0.1) is 0 Å². The lowest BCUT2D eigenvalue weighted by Gasteiger charge is -2.40. The smallest absolute Gasteiger partial charge is 0.310 e. The number of Topliss-reactive ketones (excluding diaryl/α,β-unsaturated/α-hetero) is 2. The highest BCUT2D eigenvalue weighted by Crippen LogP contribution is 2.33. The average molecular weight is 979 g/mol. The van der Waals surface area contributed by atoms with Gasteiger partial charge in [-0.2, -0.15) is 0 Å². The Morgan fingerprint density at radius 1 is 0.493 bits per heavy atom. The molecule has 0 radical (unpaired) electrons. The lowest BCUT2D eigenvalue weighted by Crippen LogP contribution is -2.48. The second-order valence-electron chi connectivity index (χ2n) is 19.4. The number of likely N-dealkylation sites (tertiary alicyclic amines) is 2. The van der Waals surface area contributed by atoms with Crippen LogP contribution in [0.25, 0.3) is 0 Å². The van der Waals surface area contributed by atoms with E-state index in [-0.39, 0.29) is 23.9 Å². The van der Waals surface area contributed by atoms with E-state index in [9.17, 15) is 36.7 Å². The molecule has 8 nitrogen and oxygen atoms in total. The van der Waals surface area contributed by atoms with E-state index in [0.717, 1.165) is 114 Å². The largest absolute Gasteiger partial charge is 0.459 e. The Kier molecular flexibility index (Phi) is 23.5. The van der Waals surface area contributed by atoms with Crippen LogP contribution < -0.4 is 0 Å². The second kappa shape index (κ2) is 28.7. The zero-order valence-corrected chi connectivity index (χ0v) is 41.9. The fourth-order valence-electron chi connectivity index (χ4n) is 10.1. The summed E-state index contributed by atoms with van der Waals surface area (Å²) in [5, 5.41) is 0. The number of nitrogens with zero attached hydrogens (tertiary/aromatic N) is 2. The lowest BCUT2D eigenvalue weighted by molar-refractivity contribution is -0.162. The van der Waals surface area contributed by atoms with Gasteiger partial charge < -0.3 is 9.47 Å². The van der Waals surface area contributed by atoms with Gasteiger partial charge in [0.25, 0.3) is 11.8 Å². The SMILES string of the molecule is CC(F)(F)COC(=O)C1CCCCC1N1CCCC1.CC(F)(F)COC(=O)C1CCCCC1N1CCCCC1.O=C(C[S+]1CCCC1)c1ccccc1.O=C(C[S+]1CCCC1)c1ccccc1. The monoisotopic (exact) mass is 979 g/mol. The first-order chi connectivity index (χ1) is 32.2. The van der Waals surface area contributed by atoms with E-state index in [1.54, 1.807) is 0 Å². The highest BCUT2D eigenvalue weighted by Gasteiger charge is 2.39. The van der Waals surface area contributed by atoms with Crippen LogP contribution in [-0.4, -0.2) is 131 Å². The highest BCUT2D eigenvalue weighted by atomic mass is 32.2. The maximum atomic E-state index is 12.8. The Morgan fingerprint density at radius 2 is 0.821 bits per heavy atom. The van der Waals surface area contributed by atoms with Crippen LogP contribution in [0.4, 0.5) is 17.6 Å². The van der Waals surface area contributed by atoms with Crippen molar-refractivity contribution in [2.24, 2.45) is 11.8 Å². The fraction of sp³-hybridized carbons (Fsp3) is 0.698. The first-order valence-electron chi connectivity index (χ1n) is 25.2. The zero-order valence-electron chi connectivity index (χ0n) is 40.3. The normalized spacial score (nSPS) is 24.2. The molecule has 374 valence electrons. The molecule has 0 amide bonds. The molecule has 4 saturated heterocycles. The van der Waals surface area contributed by atoms with Crippen molar-refractivity contribution < 1.29 is 46.2 Å². The summed E-state index contributed by atoms with van der Waals surface area (Å²) in [7, 11) is 0.785. The molecule has 6 aliphatic rings. The van der Waals surface area contributed by atoms with Crippen molar-refractivity contribution in [2.45, 2.75) is 147 Å². The molecule has 4 unspecified atom stereocenters. The van der Waals surface area contributed by atoms with Gasteiger partial charge in [0.05, 0.1) is 11.8 Å². The van der Waals surface area contributed by atoms with Crippen molar-refractivity contribution in [3.63, 3.8) is 0 Å². The van der Waals surface area contributed by atoms with Crippen LogP contribution in [0.1, 0.15) is 144 Å². The number of hydrogen-bond acceptors (Lipinski definition) is 8. The number of ether oxygens (including phenoxy) is 2. The highest BCUT2D eigenvalue weighted by molar-refractivity contribution is 7.98. The predicted octanol–water partition coefficient (Wildman–Crippen LogP) is 10.6. The van der Waals surface area contributed by atoms with E-state index in [2.05, 4.69) is 9.80 Å². The van der Waals surface area contributed by atoms with Crippen molar-refractivity contribution in [3.05, 3.63) is 71.8 Å². The summed E-state index contributed by atoms with van der Waals surface area (Å²) >= 11 is 0. The van der Waals surface area contributed by atoms with Crippen LogP contribution in [0.2, 0.25) is 0 Å². The van der Waals surface area contributed by atoms with E-state index in [1.807, 2.05) is 60.7 Å². The van der Waals surface area contributed by atoms with Crippen molar-refractivity contribution >= 4 is 45.3 Å². The first kappa shape index (κ1) is 55.0. The topological polar surface area (TPSA) is 93.2 Å². The van der Waals surface area contributed by atoms with Gasteiger partial charge in [-0.1, -0.05) is 92.8 Å². The Balaban J connectivity index is 0.000000169. The molecule has 14 heteroatoms. The van der Waals surface area contributed by atoms with Crippen molar-refractivity contribution in [1.82, 2.24) is 9.80 Å². The molecule has 4 atom stereocenters. The van der Waals surface area contributed by atoms with Crippen LogP contribution in [-0.2, 0) is 40.9 Å². The number of ketones is 2. The number of halogens is 4. The minimum atomic E-state index is -2.94. The molecule has 0 aromatic heterocycles. The first-order valence-corrected chi connectivity index (χ1v) is 28.6. The van der Waals surface area contributed by atoms with Crippen LogP contribution in [0.5, 0.6) is 0 Å². The van der Waals surface area contributed by atoms with E-state index < -0.39 is 37.0 Å². The number of esters is 2. The van der Waals surface area contributed by atoms with Crippen LogP contribution in [0.3, 0.4) is 0 Å². The summed E-state index contributed by atoms with van der Waals surface area (Å²) in [6.45, 7) is 4.07. The fourth-order valence-corrected chi connectivity index (χ4v) is 14.6. The molecule has 67 heavy (non-hydrogen) atoms. The predicted molar refractivity (Wildman–Crippen MR) is 265 cm³/mol. The quantitative estimate of drug-likeness (QED) is 0.0800. The van der Waals surface area contributed by atoms with Gasteiger partial charge in [0.1, 0.15) is 23.0 Å². The molecular formula is C53H78F4N2O6S2+2. The Hall–Kier alpha value is -2.94. The third-order valence-corrected chi connectivity index (χ3v) is 18.4. The van der Waals surface area contributed by atoms with Gasteiger partial charge in [0.15, 0.2) is 24.7 Å². The number of carbonyl (C=O) groups is 4. The second-order valence-corrected chi connectivity index (χ2v) is 24.1. The number of hydrogen-bond donors (Lipinski definition) is 0. The van der Waals surface area contributed by atoms with Crippen LogP contribution >= 0.6 is 0 Å². The number of piperidine rings is 1. The van der Waals surface area contributed by atoms with Gasteiger partial charge in [-0.25, -0.2) is 17.6 Å². The van der Waals surface area contributed by atoms with Crippen molar-refractivity contribution in [2.75, 3.05) is 73.9 Å². The average Bonchev–Trinajstić information content (AvgIpc) is 4.18. The molecule has 0 bridgehead atoms. The Morgan fingerprint density at radius 3 is 1.16 bits per heavy atom. The molecule has 2 saturated carbocycles. The molecule has 2 aromatic carbocycles. The summed E-state index contributed by atoms with van der Waals surface area (Å²) in [5.41, 5.74) is 1.76. The standard InChI is InChI=1S/C15H25F2NO2.C14H23F2NO2.2C12H15OS/c1-15(16,17)11-20-14(19)12-7-3-4-8-13(12)18-9-5-2-6-10-18;1-14(15,16)10-19-13(18)11-6-2-3-7-12(11)17-8-4-5-9-17;2*13-12(10-14-8-4-5-9-14)11-6-2-1-3-7-11/h12-13H,2-11H2,1H3;11-12H,2-10H2,1H3;2*1-3,6-7H,4-5,8-10H2/q;;2*+1. The van der Waals surface area contributed by atoms with Crippen LogP contribution in [0.15, 0.2) is 60.7 Å². The minimum Gasteiger partial charge on any atom is -0.459 e. The summed E-state index contributed by atoms with van der Waals surface area (Å²) < 4.78 is 60.8. The number of rotatable bonds is 14. The number of benzene rings is 2. The van der Waals surface area contributed by atoms with Gasteiger partial charge >= 0.3 is 11.9 Å². The maximum absolute atomic E-state index is 12.8. The Bertz CT molecular complexity index is 1690. The molecule has 2 aliphatic carbocycles. The maximum Gasteiger partial charge on any atom is 0.310 e. The molecular weight excluding hydrogens is 901 g/mol. The third-order valence-electron chi connectivity index (χ3n) is 13.6. The Labute approximate surface area is 404 Å².